The second-order valence-corrected chi connectivity index (χ2v) is 7.81. The molecule has 32 heavy (non-hydrogen) atoms. The number of likely N-dealkylation sites (N-methyl/N-ethyl adjacent to an activating group) is 1. The lowest BCUT2D eigenvalue weighted by atomic mass is 9.92. The summed E-state index contributed by atoms with van der Waals surface area (Å²) in [6.07, 6.45) is 0. The molecule has 0 aliphatic carbocycles. The van der Waals surface area contributed by atoms with Crippen molar-refractivity contribution in [1.82, 2.24) is 15.1 Å². The van der Waals surface area contributed by atoms with Gasteiger partial charge in [0.15, 0.2) is 0 Å². The van der Waals surface area contributed by atoms with Gasteiger partial charge in [-0.15, -0.1) is 0 Å². The van der Waals surface area contributed by atoms with Gasteiger partial charge in [0, 0.05) is 6.54 Å². The molecule has 3 rings (SSSR count). The van der Waals surface area contributed by atoms with E-state index in [0.29, 0.717) is 23.6 Å². The molecule has 8 nitrogen and oxygen atoms in total. The summed E-state index contributed by atoms with van der Waals surface area (Å²) in [6.45, 7) is 5.50. The van der Waals surface area contributed by atoms with Crippen molar-refractivity contribution in [3.05, 3.63) is 59.7 Å². The minimum absolute atomic E-state index is 0.253. The molecule has 4 amide bonds. The van der Waals surface area contributed by atoms with E-state index in [1.807, 2.05) is 38.1 Å². The van der Waals surface area contributed by atoms with Gasteiger partial charge in [0.2, 0.25) is 5.91 Å². The van der Waals surface area contributed by atoms with Crippen molar-refractivity contribution in [3.8, 4) is 11.5 Å². The molecule has 1 saturated heterocycles. The molecule has 2 atom stereocenters. The molecule has 1 heterocycles. The Hall–Kier alpha value is -3.55. The Bertz CT molecular complexity index is 1010. The highest BCUT2D eigenvalue weighted by Crippen LogP contribution is 2.30. The summed E-state index contributed by atoms with van der Waals surface area (Å²) in [5, 5.41) is 2.73. The summed E-state index contributed by atoms with van der Waals surface area (Å²) < 4.78 is 10.4. The van der Waals surface area contributed by atoms with Gasteiger partial charge in [0.1, 0.15) is 23.6 Å². The molecule has 0 saturated carbocycles. The zero-order valence-electron chi connectivity index (χ0n) is 19.0. The van der Waals surface area contributed by atoms with Crippen molar-refractivity contribution in [1.29, 1.82) is 0 Å². The Morgan fingerprint density at radius 1 is 1.09 bits per heavy atom. The smallest absolute Gasteiger partial charge is 0.325 e. The van der Waals surface area contributed by atoms with Crippen molar-refractivity contribution in [3.63, 3.8) is 0 Å². The van der Waals surface area contributed by atoms with Gasteiger partial charge < -0.3 is 19.7 Å². The van der Waals surface area contributed by atoms with E-state index < -0.39 is 17.5 Å². The molecule has 0 radical (unpaired) electrons. The lowest BCUT2D eigenvalue weighted by Gasteiger charge is -2.30. The van der Waals surface area contributed by atoms with Crippen molar-refractivity contribution in [2.75, 3.05) is 27.3 Å². The van der Waals surface area contributed by atoms with Gasteiger partial charge in [-0.3, -0.25) is 14.5 Å². The molecule has 170 valence electrons. The van der Waals surface area contributed by atoms with Crippen LogP contribution in [0.3, 0.4) is 0 Å². The van der Waals surface area contributed by atoms with Gasteiger partial charge in [-0.05, 0) is 56.2 Å². The SMILES string of the molecule is CCN(C(=O)CN1C(=O)NC(C)(c2ccc(OC)cc2)C1=O)C(C)c1cccc(OC)c1. The lowest BCUT2D eigenvalue weighted by molar-refractivity contribution is -0.140. The Morgan fingerprint density at radius 2 is 1.75 bits per heavy atom. The standard InChI is InChI=1S/C24H29N3O5/c1-6-26(16(2)17-8-7-9-20(14-17)32-5)21(28)15-27-22(29)24(3,25-23(27)30)18-10-12-19(31-4)13-11-18/h7-14,16H,6,15H2,1-5H3,(H,25,30). The molecule has 1 N–H and O–H groups in total. The predicted octanol–water partition coefficient (Wildman–Crippen LogP) is 3.08. The van der Waals surface area contributed by atoms with Crippen LogP contribution >= 0.6 is 0 Å². The Kier molecular flexibility index (Phi) is 6.72. The molecule has 1 aliphatic heterocycles. The van der Waals surface area contributed by atoms with Crippen LogP contribution in [-0.4, -0.2) is 55.0 Å². The number of urea groups is 1. The summed E-state index contributed by atoms with van der Waals surface area (Å²) in [5.41, 5.74) is 0.266. The molecule has 1 aliphatic rings. The zero-order valence-corrected chi connectivity index (χ0v) is 19.0. The number of benzene rings is 2. The van der Waals surface area contributed by atoms with Gasteiger partial charge in [-0.1, -0.05) is 24.3 Å². The number of nitrogens with one attached hydrogen (secondary N) is 1. The van der Waals surface area contributed by atoms with Gasteiger partial charge >= 0.3 is 6.03 Å². The van der Waals surface area contributed by atoms with E-state index in [1.165, 1.54) is 0 Å². The van der Waals surface area contributed by atoms with E-state index >= 15 is 0 Å². The highest BCUT2D eigenvalue weighted by molar-refractivity contribution is 6.09. The Balaban J connectivity index is 1.78. The average molecular weight is 440 g/mol. The Morgan fingerprint density at radius 3 is 2.34 bits per heavy atom. The number of rotatable bonds is 8. The summed E-state index contributed by atoms with van der Waals surface area (Å²) >= 11 is 0. The maximum Gasteiger partial charge on any atom is 0.325 e. The third-order valence-electron chi connectivity index (χ3n) is 5.94. The summed E-state index contributed by atoms with van der Waals surface area (Å²) in [7, 11) is 3.14. The Labute approximate surface area is 188 Å². The van der Waals surface area contributed by atoms with E-state index in [0.717, 1.165) is 10.5 Å². The number of carbonyl (C=O) groups excluding carboxylic acids is 3. The topological polar surface area (TPSA) is 88.2 Å². The number of hydrogen-bond acceptors (Lipinski definition) is 5. The summed E-state index contributed by atoms with van der Waals surface area (Å²) in [4.78, 5) is 41.6. The van der Waals surface area contributed by atoms with Gasteiger partial charge in [0.05, 0.1) is 20.3 Å². The molecule has 2 aromatic carbocycles. The predicted molar refractivity (Wildman–Crippen MR) is 119 cm³/mol. The third-order valence-corrected chi connectivity index (χ3v) is 5.94. The van der Waals surface area contributed by atoms with E-state index in [9.17, 15) is 14.4 Å². The lowest BCUT2D eigenvalue weighted by Crippen LogP contribution is -2.45. The largest absolute Gasteiger partial charge is 0.497 e. The van der Waals surface area contributed by atoms with Crippen molar-refractivity contribution < 1.29 is 23.9 Å². The van der Waals surface area contributed by atoms with Crippen molar-refractivity contribution in [2.24, 2.45) is 0 Å². The monoisotopic (exact) mass is 439 g/mol. The van der Waals surface area contributed by atoms with E-state index in [2.05, 4.69) is 5.32 Å². The fraction of sp³-hybridized carbons (Fsp3) is 0.375. The first-order chi connectivity index (χ1) is 15.2. The number of methoxy groups -OCH3 is 2. The quantitative estimate of drug-likeness (QED) is 0.639. The molecular weight excluding hydrogens is 410 g/mol. The summed E-state index contributed by atoms with van der Waals surface area (Å²) in [5.74, 6) is 0.560. The van der Waals surface area contributed by atoms with Gasteiger partial charge in [-0.25, -0.2) is 4.79 Å². The molecule has 0 aromatic heterocycles. The first-order valence-electron chi connectivity index (χ1n) is 10.5. The van der Waals surface area contributed by atoms with E-state index in [-0.39, 0.29) is 18.5 Å². The number of imide groups is 1. The van der Waals surface area contributed by atoms with E-state index in [4.69, 9.17) is 9.47 Å². The fourth-order valence-corrected chi connectivity index (χ4v) is 3.93. The van der Waals surface area contributed by atoms with Crippen molar-refractivity contribution >= 4 is 17.8 Å². The molecule has 0 bridgehead atoms. The van der Waals surface area contributed by atoms with Crippen molar-refractivity contribution in [2.45, 2.75) is 32.4 Å². The highest BCUT2D eigenvalue weighted by Gasteiger charge is 2.49. The minimum Gasteiger partial charge on any atom is -0.497 e. The van der Waals surface area contributed by atoms with Crippen LogP contribution in [-0.2, 0) is 15.1 Å². The van der Waals surface area contributed by atoms with Crippen LogP contribution in [0.2, 0.25) is 0 Å². The zero-order chi connectivity index (χ0) is 23.5. The molecule has 2 unspecified atom stereocenters. The molecular formula is C24H29N3O5. The van der Waals surface area contributed by atoms with Crippen LogP contribution in [0.5, 0.6) is 11.5 Å². The number of amides is 4. The first kappa shape index (κ1) is 23.1. The second kappa shape index (κ2) is 9.30. The van der Waals surface area contributed by atoms with Gasteiger partial charge in [0.25, 0.3) is 5.91 Å². The van der Waals surface area contributed by atoms with E-state index in [1.54, 1.807) is 50.3 Å². The van der Waals surface area contributed by atoms with Crippen LogP contribution < -0.4 is 14.8 Å². The maximum absolute atomic E-state index is 13.2. The number of hydrogen-bond donors (Lipinski definition) is 1. The number of ether oxygens (including phenoxy) is 2. The molecule has 2 aromatic rings. The van der Waals surface area contributed by atoms with Crippen LogP contribution in [0, 0.1) is 0 Å². The fourth-order valence-electron chi connectivity index (χ4n) is 3.93. The highest BCUT2D eigenvalue weighted by atomic mass is 16.5. The molecule has 0 spiro atoms. The second-order valence-electron chi connectivity index (χ2n) is 7.81. The summed E-state index contributed by atoms with van der Waals surface area (Å²) in [6, 6.07) is 13.5. The molecule has 8 heteroatoms. The van der Waals surface area contributed by atoms with Crippen LogP contribution in [0.4, 0.5) is 4.79 Å². The van der Waals surface area contributed by atoms with Crippen LogP contribution in [0.25, 0.3) is 0 Å². The average Bonchev–Trinajstić information content (AvgIpc) is 3.03. The van der Waals surface area contributed by atoms with Crippen LogP contribution in [0.15, 0.2) is 48.5 Å². The number of nitrogens with zero attached hydrogens (tertiary/aromatic N) is 2. The van der Waals surface area contributed by atoms with Gasteiger partial charge in [-0.2, -0.15) is 0 Å². The normalized spacial score (nSPS) is 18.8. The third kappa shape index (κ3) is 4.26. The molecule has 1 fully saturated rings. The minimum atomic E-state index is -1.25. The van der Waals surface area contributed by atoms with Crippen LogP contribution in [0.1, 0.15) is 37.9 Å². The number of carbonyl (C=O) groups is 3. The first-order valence-corrected chi connectivity index (χ1v) is 10.5. The maximum atomic E-state index is 13.2.